The van der Waals surface area contributed by atoms with Gasteiger partial charge in [-0.15, -0.1) is 0 Å². The van der Waals surface area contributed by atoms with Crippen LogP contribution in [0.1, 0.15) is 36.7 Å². The molecule has 1 unspecified atom stereocenters. The predicted octanol–water partition coefficient (Wildman–Crippen LogP) is 2.33. The Hall–Kier alpha value is -1.11. The summed E-state index contributed by atoms with van der Waals surface area (Å²) in [4.78, 5) is 12.0. The lowest BCUT2D eigenvalue weighted by atomic mass is 10.1. The molecule has 21 heavy (non-hydrogen) atoms. The van der Waals surface area contributed by atoms with E-state index in [4.69, 9.17) is 15.4 Å². The zero-order valence-electron chi connectivity index (χ0n) is 12.3. The number of nitrogens with one attached hydrogen (secondary N) is 1. The molecule has 1 rings (SSSR count). The van der Waals surface area contributed by atoms with Crippen molar-refractivity contribution in [1.82, 2.24) is 5.32 Å². The van der Waals surface area contributed by atoms with Gasteiger partial charge in [0.25, 0.3) is 15.0 Å². The van der Waals surface area contributed by atoms with E-state index < -0.39 is 9.05 Å². The van der Waals surface area contributed by atoms with Crippen molar-refractivity contribution in [3.63, 3.8) is 0 Å². The summed E-state index contributed by atoms with van der Waals surface area (Å²) in [6.45, 7) is 6.46. The fourth-order valence-corrected chi connectivity index (χ4v) is 3.12. The fourth-order valence-electron chi connectivity index (χ4n) is 1.90. The van der Waals surface area contributed by atoms with Crippen molar-refractivity contribution in [2.75, 3.05) is 13.2 Å². The second kappa shape index (κ2) is 7.77. The van der Waals surface area contributed by atoms with Crippen LogP contribution in [0.5, 0.6) is 0 Å². The van der Waals surface area contributed by atoms with Gasteiger partial charge in [0.05, 0.1) is 11.0 Å². The third-order valence-corrected chi connectivity index (χ3v) is 4.38. The number of ether oxygens (including phenoxy) is 1. The molecule has 0 saturated heterocycles. The molecule has 118 valence electrons. The summed E-state index contributed by atoms with van der Waals surface area (Å²) in [5.41, 5.74) is 0.847. The molecule has 1 amide bonds. The minimum absolute atomic E-state index is 0.0165. The largest absolute Gasteiger partial charge is 0.377 e. The van der Waals surface area contributed by atoms with E-state index in [9.17, 15) is 13.2 Å². The van der Waals surface area contributed by atoms with Gasteiger partial charge in [0.2, 0.25) is 0 Å². The van der Waals surface area contributed by atoms with Gasteiger partial charge >= 0.3 is 0 Å². The number of benzene rings is 1. The minimum atomic E-state index is -3.87. The normalized spacial score (nSPS) is 13.0. The van der Waals surface area contributed by atoms with E-state index in [1.165, 1.54) is 6.07 Å². The highest BCUT2D eigenvalue weighted by molar-refractivity contribution is 8.13. The lowest BCUT2D eigenvalue weighted by Crippen LogP contribution is -2.32. The van der Waals surface area contributed by atoms with Gasteiger partial charge < -0.3 is 10.1 Å². The van der Waals surface area contributed by atoms with Gasteiger partial charge in [-0.1, -0.05) is 13.0 Å². The minimum Gasteiger partial charge on any atom is -0.377 e. The highest BCUT2D eigenvalue weighted by atomic mass is 35.7. The second-order valence-electron chi connectivity index (χ2n) is 4.59. The van der Waals surface area contributed by atoms with E-state index in [1.807, 2.05) is 20.8 Å². The summed E-state index contributed by atoms with van der Waals surface area (Å²) in [6, 6.07) is 4.50. The van der Waals surface area contributed by atoms with E-state index in [1.54, 1.807) is 12.1 Å². The number of carbonyl (C=O) groups excluding carboxylic acids is 1. The summed E-state index contributed by atoms with van der Waals surface area (Å²) in [5, 5.41) is 2.70. The molecule has 0 bridgehead atoms. The van der Waals surface area contributed by atoms with Crippen LogP contribution < -0.4 is 5.32 Å². The lowest BCUT2D eigenvalue weighted by Gasteiger charge is -2.13. The molecule has 0 aromatic heterocycles. The molecule has 7 heteroatoms. The first-order valence-electron chi connectivity index (χ1n) is 6.77. The Morgan fingerprint density at radius 1 is 1.38 bits per heavy atom. The molecule has 0 saturated carbocycles. The standard InChI is InChI=1S/C14H20ClNO4S/c1-4-11-6-7-12(8-13(11)21(15,18)19)14(17)16-9-10(3)20-5-2/h6-8,10H,4-5,9H2,1-3H3,(H,16,17). The summed E-state index contributed by atoms with van der Waals surface area (Å²) in [7, 11) is 1.53. The average molecular weight is 334 g/mol. The van der Waals surface area contributed by atoms with Crippen molar-refractivity contribution >= 4 is 25.6 Å². The second-order valence-corrected chi connectivity index (χ2v) is 7.12. The first kappa shape index (κ1) is 17.9. The van der Waals surface area contributed by atoms with Crippen molar-refractivity contribution < 1.29 is 17.9 Å². The van der Waals surface area contributed by atoms with Crippen molar-refractivity contribution in [2.45, 2.75) is 38.2 Å². The maximum absolute atomic E-state index is 12.0. The van der Waals surface area contributed by atoms with E-state index in [0.717, 1.165) is 0 Å². The monoisotopic (exact) mass is 333 g/mol. The van der Waals surface area contributed by atoms with Crippen LogP contribution in [-0.4, -0.2) is 33.6 Å². The van der Waals surface area contributed by atoms with Crippen LogP contribution in [0.4, 0.5) is 0 Å². The third kappa shape index (κ3) is 5.30. The number of aryl methyl sites for hydroxylation is 1. The molecule has 1 N–H and O–H groups in total. The molecule has 1 atom stereocenters. The number of amides is 1. The molecule has 1 aromatic rings. The number of rotatable bonds is 7. The lowest BCUT2D eigenvalue weighted by molar-refractivity contribution is 0.0695. The van der Waals surface area contributed by atoms with Gasteiger partial charge in [-0.25, -0.2) is 8.42 Å². The molecule has 0 aliphatic carbocycles. The Kier molecular flexibility index (Phi) is 6.64. The Morgan fingerprint density at radius 2 is 2.05 bits per heavy atom. The molecule has 0 aliphatic heterocycles. The topological polar surface area (TPSA) is 72.5 Å². The Bertz CT molecular complexity index is 601. The Morgan fingerprint density at radius 3 is 2.57 bits per heavy atom. The third-order valence-electron chi connectivity index (χ3n) is 2.97. The highest BCUT2D eigenvalue weighted by Crippen LogP contribution is 2.22. The first-order chi connectivity index (χ1) is 9.79. The number of halogens is 1. The van der Waals surface area contributed by atoms with Crippen LogP contribution in [0.2, 0.25) is 0 Å². The van der Waals surface area contributed by atoms with Crippen LogP contribution in [0.15, 0.2) is 23.1 Å². The van der Waals surface area contributed by atoms with Crippen LogP contribution in [0.25, 0.3) is 0 Å². The van der Waals surface area contributed by atoms with Crippen LogP contribution in [-0.2, 0) is 20.2 Å². The summed E-state index contributed by atoms with van der Waals surface area (Å²) < 4.78 is 28.4. The smallest absolute Gasteiger partial charge is 0.261 e. The predicted molar refractivity (Wildman–Crippen MR) is 82.3 cm³/mol. The Labute approximate surface area is 130 Å². The van der Waals surface area contributed by atoms with Crippen LogP contribution >= 0.6 is 10.7 Å². The van der Waals surface area contributed by atoms with E-state index in [-0.39, 0.29) is 22.5 Å². The molecule has 0 spiro atoms. The van der Waals surface area contributed by atoms with Gasteiger partial charge in [-0.05, 0) is 38.0 Å². The van der Waals surface area contributed by atoms with E-state index >= 15 is 0 Å². The maximum Gasteiger partial charge on any atom is 0.261 e. The number of hydrogen-bond acceptors (Lipinski definition) is 4. The Balaban J connectivity index is 2.91. The van der Waals surface area contributed by atoms with Crippen molar-refractivity contribution in [3.05, 3.63) is 29.3 Å². The molecule has 0 heterocycles. The summed E-state index contributed by atoms with van der Waals surface area (Å²) in [6.07, 6.45) is 0.412. The molecule has 0 fully saturated rings. The number of carbonyl (C=O) groups is 1. The molecular formula is C14H20ClNO4S. The van der Waals surface area contributed by atoms with Crippen molar-refractivity contribution in [3.8, 4) is 0 Å². The molecule has 0 aliphatic rings. The highest BCUT2D eigenvalue weighted by Gasteiger charge is 2.18. The zero-order chi connectivity index (χ0) is 16.0. The molecular weight excluding hydrogens is 314 g/mol. The van der Waals surface area contributed by atoms with Gasteiger partial charge in [0, 0.05) is 29.4 Å². The average Bonchev–Trinajstić information content (AvgIpc) is 2.43. The fraction of sp³-hybridized carbons (Fsp3) is 0.500. The van der Waals surface area contributed by atoms with Gasteiger partial charge in [0.15, 0.2) is 0 Å². The summed E-state index contributed by atoms with van der Waals surface area (Å²) >= 11 is 0. The molecule has 1 aromatic carbocycles. The van der Waals surface area contributed by atoms with E-state index in [0.29, 0.717) is 25.1 Å². The molecule has 0 radical (unpaired) electrons. The van der Waals surface area contributed by atoms with Gasteiger partial charge in [-0.3, -0.25) is 4.79 Å². The van der Waals surface area contributed by atoms with Gasteiger partial charge in [0.1, 0.15) is 0 Å². The molecule has 5 nitrogen and oxygen atoms in total. The SMILES string of the molecule is CCOC(C)CNC(=O)c1ccc(CC)c(S(=O)(=O)Cl)c1. The summed E-state index contributed by atoms with van der Waals surface area (Å²) in [5.74, 6) is -0.356. The van der Waals surface area contributed by atoms with Gasteiger partial charge in [-0.2, -0.15) is 0 Å². The van der Waals surface area contributed by atoms with E-state index in [2.05, 4.69) is 5.32 Å². The zero-order valence-corrected chi connectivity index (χ0v) is 13.9. The quantitative estimate of drug-likeness (QED) is 0.777. The van der Waals surface area contributed by atoms with Crippen LogP contribution in [0.3, 0.4) is 0 Å². The number of hydrogen-bond donors (Lipinski definition) is 1. The van der Waals surface area contributed by atoms with Crippen molar-refractivity contribution in [2.24, 2.45) is 0 Å². The van der Waals surface area contributed by atoms with Crippen molar-refractivity contribution in [1.29, 1.82) is 0 Å². The van der Waals surface area contributed by atoms with Crippen LogP contribution in [0, 0.1) is 0 Å². The first-order valence-corrected chi connectivity index (χ1v) is 9.07. The maximum atomic E-state index is 12.0.